The quantitative estimate of drug-likeness (QED) is 0.909. The molecule has 7 heteroatoms. The summed E-state index contributed by atoms with van der Waals surface area (Å²) in [4.78, 5) is 32.6. The fraction of sp³-hybridized carbons (Fsp3) is 0.500. The Morgan fingerprint density at radius 3 is 3.04 bits per heavy atom. The number of fused-ring (bicyclic) bond motifs is 1. The largest absolute Gasteiger partial charge is 0.360 e. The Hall–Kier alpha value is -2.44. The van der Waals surface area contributed by atoms with Crippen LogP contribution < -0.4 is 5.69 Å². The Balaban J connectivity index is 1.65. The maximum atomic E-state index is 12.9. The number of nitrogens with one attached hydrogen (secondary N) is 1. The Morgan fingerprint density at radius 1 is 1.30 bits per heavy atom. The Labute approximate surface area is 132 Å². The standard InChI is InChI=1S/C16H18N4O3/c21-15(14-10-4-1-2-6-13(10)23-19-14)20-9-3-5-12(20)11-7-8-17-16(22)18-11/h7-8,12H,1-6,9H2,(H,17,18,22). The highest BCUT2D eigenvalue weighted by Crippen LogP contribution is 2.33. The van der Waals surface area contributed by atoms with Gasteiger partial charge in [-0.15, -0.1) is 0 Å². The van der Waals surface area contributed by atoms with Crippen molar-refractivity contribution in [2.24, 2.45) is 0 Å². The summed E-state index contributed by atoms with van der Waals surface area (Å²) in [7, 11) is 0. The normalized spacial score (nSPS) is 20.5. The summed E-state index contributed by atoms with van der Waals surface area (Å²) in [6.07, 6.45) is 7.07. The van der Waals surface area contributed by atoms with Crippen molar-refractivity contribution in [1.29, 1.82) is 0 Å². The number of aryl methyl sites for hydroxylation is 1. The Morgan fingerprint density at radius 2 is 2.17 bits per heavy atom. The van der Waals surface area contributed by atoms with Crippen molar-refractivity contribution in [2.45, 2.75) is 44.6 Å². The number of H-pyrrole nitrogens is 1. The maximum absolute atomic E-state index is 12.9. The van der Waals surface area contributed by atoms with E-state index in [-0.39, 0.29) is 17.6 Å². The zero-order valence-corrected chi connectivity index (χ0v) is 12.7. The number of aromatic amines is 1. The molecule has 1 saturated heterocycles. The molecule has 1 aliphatic heterocycles. The monoisotopic (exact) mass is 314 g/mol. The number of hydrogen-bond acceptors (Lipinski definition) is 5. The van der Waals surface area contributed by atoms with E-state index in [4.69, 9.17) is 4.52 Å². The van der Waals surface area contributed by atoms with Crippen LogP contribution in [0.5, 0.6) is 0 Å². The smallest absolute Gasteiger partial charge is 0.345 e. The van der Waals surface area contributed by atoms with E-state index in [2.05, 4.69) is 15.1 Å². The molecule has 0 radical (unpaired) electrons. The lowest BCUT2D eigenvalue weighted by Gasteiger charge is -2.24. The molecule has 0 saturated carbocycles. The van der Waals surface area contributed by atoms with Gasteiger partial charge in [0.25, 0.3) is 5.91 Å². The van der Waals surface area contributed by atoms with E-state index in [1.54, 1.807) is 11.0 Å². The van der Waals surface area contributed by atoms with Crippen molar-refractivity contribution in [2.75, 3.05) is 6.54 Å². The van der Waals surface area contributed by atoms with E-state index in [0.717, 1.165) is 55.5 Å². The molecule has 1 aliphatic carbocycles. The molecule has 0 spiro atoms. The fourth-order valence-corrected chi connectivity index (χ4v) is 3.60. The van der Waals surface area contributed by atoms with Crippen molar-refractivity contribution < 1.29 is 9.32 Å². The number of aromatic nitrogens is 3. The van der Waals surface area contributed by atoms with Gasteiger partial charge in [0.1, 0.15) is 5.76 Å². The lowest BCUT2D eigenvalue weighted by molar-refractivity contribution is 0.0721. The van der Waals surface area contributed by atoms with E-state index < -0.39 is 0 Å². The first kappa shape index (κ1) is 14.2. The minimum Gasteiger partial charge on any atom is -0.360 e. The van der Waals surface area contributed by atoms with E-state index >= 15 is 0 Å². The summed E-state index contributed by atoms with van der Waals surface area (Å²) in [5, 5.41) is 4.04. The van der Waals surface area contributed by atoms with E-state index in [9.17, 15) is 9.59 Å². The summed E-state index contributed by atoms with van der Waals surface area (Å²) in [5.41, 5.74) is 1.76. The van der Waals surface area contributed by atoms with Crippen molar-refractivity contribution in [1.82, 2.24) is 20.0 Å². The second-order valence-corrected chi connectivity index (χ2v) is 6.13. The molecule has 2 aromatic rings. The summed E-state index contributed by atoms with van der Waals surface area (Å²) in [6.45, 7) is 0.662. The van der Waals surface area contributed by atoms with Crippen LogP contribution in [0.25, 0.3) is 0 Å². The van der Waals surface area contributed by atoms with Crippen LogP contribution in [0.15, 0.2) is 21.6 Å². The summed E-state index contributed by atoms with van der Waals surface area (Å²) in [6, 6.07) is 1.63. The van der Waals surface area contributed by atoms with Gasteiger partial charge in [-0.2, -0.15) is 0 Å². The predicted molar refractivity (Wildman–Crippen MR) is 81.0 cm³/mol. The molecule has 1 N–H and O–H groups in total. The van der Waals surface area contributed by atoms with Gasteiger partial charge in [0.05, 0.1) is 6.04 Å². The van der Waals surface area contributed by atoms with Crippen LogP contribution >= 0.6 is 0 Å². The summed E-state index contributed by atoms with van der Waals surface area (Å²) in [5.74, 6) is 0.754. The third kappa shape index (κ3) is 2.46. The van der Waals surface area contributed by atoms with Crippen molar-refractivity contribution in [3.8, 4) is 0 Å². The second kappa shape index (κ2) is 5.64. The molecule has 1 amide bonds. The molecule has 1 fully saturated rings. The summed E-state index contributed by atoms with van der Waals surface area (Å²) < 4.78 is 5.36. The maximum Gasteiger partial charge on any atom is 0.345 e. The van der Waals surface area contributed by atoms with Gasteiger partial charge in [0.2, 0.25) is 0 Å². The SMILES string of the molecule is O=C(c1noc2c1CCCC2)N1CCCC1c1ccnc(=O)[nH]1. The van der Waals surface area contributed by atoms with Crippen LogP contribution in [-0.2, 0) is 12.8 Å². The van der Waals surface area contributed by atoms with E-state index in [0.29, 0.717) is 12.2 Å². The zero-order chi connectivity index (χ0) is 15.8. The number of likely N-dealkylation sites (tertiary alicyclic amines) is 1. The van der Waals surface area contributed by atoms with Gasteiger partial charge in [-0.05, 0) is 38.2 Å². The average Bonchev–Trinajstić information content (AvgIpc) is 3.21. The van der Waals surface area contributed by atoms with Crippen LogP contribution in [0.1, 0.15) is 59.2 Å². The van der Waals surface area contributed by atoms with Gasteiger partial charge in [0.15, 0.2) is 5.69 Å². The van der Waals surface area contributed by atoms with Gasteiger partial charge >= 0.3 is 5.69 Å². The molecule has 3 heterocycles. The molecule has 0 bridgehead atoms. The van der Waals surface area contributed by atoms with Gasteiger partial charge in [-0.1, -0.05) is 5.16 Å². The molecule has 1 unspecified atom stereocenters. The minimum atomic E-state index is -0.388. The third-order valence-corrected chi connectivity index (χ3v) is 4.72. The molecule has 7 nitrogen and oxygen atoms in total. The van der Waals surface area contributed by atoms with E-state index in [1.165, 1.54) is 6.20 Å². The van der Waals surface area contributed by atoms with Crippen LogP contribution in [-0.4, -0.2) is 32.5 Å². The topological polar surface area (TPSA) is 92.1 Å². The first-order valence-electron chi connectivity index (χ1n) is 8.07. The number of carbonyl (C=O) groups excluding carboxylic acids is 1. The summed E-state index contributed by atoms with van der Waals surface area (Å²) >= 11 is 0. The molecule has 23 heavy (non-hydrogen) atoms. The number of nitrogens with zero attached hydrogens (tertiary/aromatic N) is 3. The zero-order valence-electron chi connectivity index (χ0n) is 12.7. The molecular formula is C16H18N4O3. The van der Waals surface area contributed by atoms with Crippen molar-refractivity contribution >= 4 is 5.91 Å². The second-order valence-electron chi connectivity index (χ2n) is 6.13. The van der Waals surface area contributed by atoms with Crippen molar-refractivity contribution in [3.05, 3.63) is 45.5 Å². The average molecular weight is 314 g/mol. The Bertz CT molecular complexity index is 795. The van der Waals surface area contributed by atoms with Crippen LogP contribution in [0.4, 0.5) is 0 Å². The molecule has 4 rings (SSSR count). The molecule has 1 atom stereocenters. The highest BCUT2D eigenvalue weighted by atomic mass is 16.5. The van der Waals surface area contributed by atoms with Gasteiger partial charge < -0.3 is 14.4 Å². The van der Waals surface area contributed by atoms with Crippen molar-refractivity contribution in [3.63, 3.8) is 0 Å². The number of carbonyl (C=O) groups is 1. The molecular weight excluding hydrogens is 296 g/mol. The van der Waals surface area contributed by atoms with Gasteiger partial charge in [0, 0.05) is 30.4 Å². The van der Waals surface area contributed by atoms with E-state index in [1.807, 2.05) is 0 Å². The van der Waals surface area contributed by atoms with Gasteiger partial charge in [-0.3, -0.25) is 4.79 Å². The lowest BCUT2D eigenvalue weighted by atomic mass is 9.96. The van der Waals surface area contributed by atoms with Crippen LogP contribution in [0.2, 0.25) is 0 Å². The molecule has 0 aromatic carbocycles. The Kier molecular flexibility index (Phi) is 3.48. The first-order valence-corrected chi connectivity index (χ1v) is 8.07. The lowest BCUT2D eigenvalue weighted by Crippen LogP contribution is -2.33. The van der Waals surface area contributed by atoms with Gasteiger partial charge in [-0.25, -0.2) is 9.78 Å². The fourth-order valence-electron chi connectivity index (χ4n) is 3.60. The minimum absolute atomic E-state index is 0.0999. The number of rotatable bonds is 2. The molecule has 2 aliphatic rings. The highest BCUT2D eigenvalue weighted by Gasteiger charge is 2.35. The highest BCUT2D eigenvalue weighted by molar-refractivity contribution is 5.94. The number of hydrogen-bond donors (Lipinski definition) is 1. The molecule has 2 aromatic heterocycles. The number of amides is 1. The molecule has 120 valence electrons. The first-order chi connectivity index (χ1) is 11.2. The predicted octanol–water partition coefficient (Wildman–Crippen LogP) is 1.61. The van der Waals surface area contributed by atoms with Crippen LogP contribution in [0.3, 0.4) is 0 Å². The van der Waals surface area contributed by atoms with Crippen LogP contribution in [0, 0.1) is 0 Å². The third-order valence-electron chi connectivity index (χ3n) is 4.72.